The number of carbonyl (C=O) groups excluding carboxylic acids is 1. The minimum absolute atomic E-state index is 0.00594. The molecule has 4 rings (SSSR count). The fraction of sp³-hybridized carbons (Fsp3) is 0.381. The van der Waals surface area contributed by atoms with Crippen LogP contribution in [0.1, 0.15) is 24.8 Å². The Labute approximate surface area is 159 Å². The molecule has 0 radical (unpaired) electrons. The molecule has 2 fully saturated rings. The van der Waals surface area contributed by atoms with Crippen molar-refractivity contribution in [1.82, 2.24) is 9.80 Å². The average Bonchev–Trinajstić information content (AvgIpc) is 3.26. The van der Waals surface area contributed by atoms with E-state index in [0.29, 0.717) is 0 Å². The Bertz CT molecular complexity index is 765. The van der Waals surface area contributed by atoms with E-state index in [1.165, 1.54) is 12.0 Å². The zero-order valence-electron chi connectivity index (χ0n) is 14.8. The molecule has 5 heteroatoms. The van der Waals surface area contributed by atoms with Gasteiger partial charge >= 0.3 is 6.03 Å². The van der Waals surface area contributed by atoms with Gasteiger partial charge in [0.15, 0.2) is 0 Å². The van der Waals surface area contributed by atoms with Crippen molar-refractivity contribution < 1.29 is 4.79 Å². The minimum Gasteiger partial charge on any atom is -0.323 e. The number of hydrogen-bond donors (Lipinski definition) is 1. The second-order valence-electron chi connectivity index (χ2n) is 7.34. The molecule has 1 N–H and O–H groups in total. The van der Waals surface area contributed by atoms with Gasteiger partial charge in [-0.05, 0) is 55.6 Å². The van der Waals surface area contributed by atoms with Crippen LogP contribution < -0.4 is 5.32 Å². The van der Waals surface area contributed by atoms with Crippen molar-refractivity contribution >= 4 is 23.3 Å². The van der Waals surface area contributed by atoms with Crippen molar-refractivity contribution in [3.8, 4) is 0 Å². The second-order valence-corrected chi connectivity index (χ2v) is 7.78. The van der Waals surface area contributed by atoms with Crippen molar-refractivity contribution in [2.24, 2.45) is 0 Å². The number of hydrogen-bond acceptors (Lipinski definition) is 2. The maximum atomic E-state index is 12.6. The van der Waals surface area contributed by atoms with E-state index in [1.54, 1.807) is 0 Å². The summed E-state index contributed by atoms with van der Waals surface area (Å²) in [5.74, 6) is 0. The molecule has 26 heavy (non-hydrogen) atoms. The van der Waals surface area contributed by atoms with Gasteiger partial charge in [-0.1, -0.05) is 41.9 Å². The van der Waals surface area contributed by atoms with Crippen LogP contribution in [0.5, 0.6) is 0 Å². The zero-order valence-corrected chi connectivity index (χ0v) is 15.6. The van der Waals surface area contributed by atoms with Crippen molar-refractivity contribution in [2.75, 3.05) is 25.0 Å². The molecule has 136 valence electrons. The van der Waals surface area contributed by atoms with Crippen molar-refractivity contribution in [3.63, 3.8) is 0 Å². The first-order chi connectivity index (χ1) is 12.6. The van der Waals surface area contributed by atoms with E-state index in [1.807, 2.05) is 47.4 Å². The SMILES string of the molecule is O=C(Nc1ccccc1)N1CC[C@]2(CCCN2Cc2ccc(Cl)cc2)C1. The minimum atomic E-state index is 0.00594. The molecule has 2 saturated heterocycles. The summed E-state index contributed by atoms with van der Waals surface area (Å²) in [6.07, 6.45) is 3.40. The van der Waals surface area contributed by atoms with Crippen LogP contribution in [0.2, 0.25) is 5.02 Å². The zero-order chi connectivity index (χ0) is 18.0. The molecule has 1 atom stereocenters. The van der Waals surface area contributed by atoms with Crippen molar-refractivity contribution in [2.45, 2.75) is 31.3 Å². The smallest absolute Gasteiger partial charge is 0.321 e. The van der Waals surface area contributed by atoms with Crippen LogP contribution in [0.4, 0.5) is 10.5 Å². The summed E-state index contributed by atoms with van der Waals surface area (Å²) in [6.45, 7) is 3.64. The highest BCUT2D eigenvalue weighted by molar-refractivity contribution is 6.30. The maximum Gasteiger partial charge on any atom is 0.321 e. The van der Waals surface area contributed by atoms with Gasteiger partial charge in [-0.25, -0.2) is 4.79 Å². The van der Waals surface area contributed by atoms with E-state index in [9.17, 15) is 4.79 Å². The monoisotopic (exact) mass is 369 g/mol. The molecular weight excluding hydrogens is 346 g/mol. The third-order valence-corrected chi connectivity index (χ3v) is 5.92. The quantitative estimate of drug-likeness (QED) is 0.857. The Balaban J connectivity index is 1.42. The number of anilines is 1. The summed E-state index contributed by atoms with van der Waals surface area (Å²) in [5.41, 5.74) is 2.25. The Morgan fingerprint density at radius 3 is 2.58 bits per heavy atom. The lowest BCUT2D eigenvalue weighted by atomic mass is 9.95. The first kappa shape index (κ1) is 17.4. The van der Waals surface area contributed by atoms with Crippen LogP contribution in [0.15, 0.2) is 54.6 Å². The lowest BCUT2D eigenvalue weighted by Crippen LogP contribution is -2.46. The Kier molecular flexibility index (Phi) is 4.88. The van der Waals surface area contributed by atoms with E-state index in [2.05, 4.69) is 22.3 Å². The first-order valence-corrected chi connectivity index (χ1v) is 9.63. The van der Waals surface area contributed by atoms with E-state index in [4.69, 9.17) is 11.6 Å². The lowest BCUT2D eigenvalue weighted by molar-refractivity contribution is 0.136. The van der Waals surface area contributed by atoms with Crippen LogP contribution in [0.25, 0.3) is 0 Å². The molecular formula is C21H24ClN3O. The maximum absolute atomic E-state index is 12.6. The van der Waals surface area contributed by atoms with Gasteiger partial charge in [-0.15, -0.1) is 0 Å². The number of carbonyl (C=O) groups is 1. The number of urea groups is 1. The average molecular weight is 370 g/mol. The largest absolute Gasteiger partial charge is 0.323 e. The molecule has 2 aliphatic rings. The van der Waals surface area contributed by atoms with E-state index < -0.39 is 0 Å². The Morgan fingerprint density at radius 1 is 1.04 bits per heavy atom. The lowest BCUT2D eigenvalue weighted by Gasteiger charge is -2.35. The van der Waals surface area contributed by atoms with E-state index >= 15 is 0 Å². The van der Waals surface area contributed by atoms with Gasteiger partial charge in [0.25, 0.3) is 0 Å². The fourth-order valence-electron chi connectivity index (χ4n) is 4.27. The summed E-state index contributed by atoms with van der Waals surface area (Å²) >= 11 is 6.00. The molecule has 2 aromatic rings. The molecule has 0 aromatic heterocycles. The van der Waals surface area contributed by atoms with Crippen LogP contribution >= 0.6 is 11.6 Å². The third kappa shape index (κ3) is 3.57. The number of nitrogens with one attached hydrogen (secondary N) is 1. The molecule has 2 aromatic carbocycles. The summed E-state index contributed by atoms with van der Waals surface area (Å²) < 4.78 is 0. The number of halogens is 1. The van der Waals surface area contributed by atoms with Gasteiger partial charge in [0.05, 0.1) is 0 Å². The number of likely N-dealkylation sites (tertiary alicyclic amines) is 2. The second kappa shape index (κ2) is 7.29. The van der Waals surface area contributed by atoms with Crippen LogP contribution in [-0.4, -0.2) is 41.0 Å². The molecule has 2 heterocycles. The molecule has 0 bridgehead atoms. The Morgan fingerprint density at radius 2 is 1.81 bits per heavy atom. The van der Waals surface area contributed by atoms with Gasteiger partial charge in [-0.3, -0.25) is 4.90 Å². The predicted molar refractivity (Wildman–Crippen MR) is 105 cm³/mol. The van der Waals surface area contributed by atoms with Crippen LogP contribution in [-0.2, 0) is 6.54 Å². The van der Waals surface area contributed by atoms with Gasteiger partial charge in [0, 0.05) is 35.9 Å². The molecule has 2 aliphatic heterocycles. The topological polar surface area (TPSA) is 35.6 Å². The molecule has 0 unspecified atom stereocenters. The molecule has 1 spiro atoms. The normalized spacial score (nSPS) is 22.9. The van der Waals surface area contributed by atoms with Crippen LogP contribution in [0, 0.1) is 0 Å². The fourth-order valence-corrected chi connectivity index (χ4v) is 4.39. The number of benzene rings is 2. The first-order valence-electron chi connectivity index (χ1n) is 9.25. The van der Waals surface area contributed by atoms with Gasteiger partial charge in [-0.2, -0.15) is 0 Å². The summed E-state index contributed by atoms with van der Waals surface area (Å²) in [4.78, 5) is 17.2. The van der Waals surface area contributed by atoms with Gasteiger partial charge < -0.3 is 10.2 Å². The number of amides is 2. The van der Waals surface area contributed by atoms with E-state index in [0.717, 1.165) is 49.7 Å². The third-order valence-electron chi connectivity index (χ3n) is 5.67. The standard InChI is InChI=1S/C21H24ClN3O/c22-18-9-7-17(8-10-18)15-25-13-4-11-21(25)12-14-24(16-21)20(26)23-19-5-2-1-3-6-19/h1-3,5-10H,4,11-16H2,(H,23,26)/t21-/m1/s1. The summed E-state index contributed by atoms with van der Waals surface area (Å²) in [6, 6.07) is 17.8. The molecule has 2 amide bonds. The summed E-state index contributed by atoms with van der Waals surface area (Å²) in [5, 5.41) is 3.79. The van der Waals surface area contributed by atoms with Gasteiger partial charge in [0.1, 0.15) is 0 Å². The van der Waals surface area contributed by atoms with Gasteiger partial charge in [0.2, 0.25) is 0 Å². The highest BCUT2D eigenvalue weighted by Gasteiger charge is 2.46. The van der Waals surface area contributed by atoms with Crippen LogP contribution in [0.3, 0.4) is 0 Å². The molecule has 0 saturated carbocycles. The molecule has 0 aliphatic carbocycles. The van der Waals surface area contributed by atoms with E-state index in [-0.39, 0.29) is 11.6 Å². The molecule has 4 nitrogen and oxygen atoms in total. The number of rotatable bonds is 3. The highest BCUT2D eigenvalue weighted by atomic mass is 35.5. The highest BCUT2D eigenvalue weighted by Crippen LogP contribution is 2.38. The summed E-state index contributed by atoms with van der Waals surface area (Å²) in [7, 11) is 0. The Hall–Kier alpha value is -2.04. The number of nitrogens with zero attached hydrogens (tertiary/aromatic N) is 2. The van der Waals surface area contributed by atoms with Crippen molar-refractivity contribution in [3.05, 3.63) is 65.2 Å². The predicted octanol–water partition coefficient (Wildman–Crippen LogP) is 4.61. The van der Waals surface area contributed by atoms with Crippen molar-refractivity contribution in [1.29, 1.82) is 0 Å². The number of para-hydroxylation sites is 1.